The van der Waals surface area contributed by atoms with Gasteiger partial charge in [0.15, 0.2) is 0 Å². The molecular weight excluding hydrogens is 322 g/mol. The third-order valence-electron chi connectivity index (χ3n) is 4.58. The highest BCUT2D eigenvalue weighted by molar-refractivity contribution is 5.94. The molecule has 0 unspecified atom stereocenters. The molecular formula is C20H22F2N2O. The zero-order chi connectivity index (χ0) is 17.6. The van der Waals surface area contributed by atoms with Crippen LogP contribution >= 0.6 is 0 Å². The number of aryl methyl sites for hydroxylation is 1. The van der Waals surface area contributed by atoms with Gasteiger partial charge in [-0.05, 0) is 61.3 Å². The van der Waals surface area contributed by atoms with Gasteiger partial charge in [0.2, 0.25) is 0 Å². The number of amides is 1. The molecule has 0 N–H and O–H groups in total. The lowest BCUT2D eigenvalue weighted by Crippen LogP contribution is -2.48. The standard InChI is InChI=1S/C20H22F2N2O/c21-18-8-6-17(7-9-18)20(25)24-13-11-23(12-14-24)10-2-4-16-3-1-5-19(22)15-16/h1,3,5-9,15H,2,4,10-14H2. The summed E-state index contributed by atoms with van der Waals surface area (Å²) < 4.78 is 26.1. The fourth-order valence-electron chi connectivity index (χ4n) is 3.15. The molecule has 0 atom stereocenters. The van der Waals surface area contributed by atoms with Gasteiger partial charge in [-0.25, -0.2) is 8.78 Å². The van der Waals surface area contributed by atoms with E-state index in [0.717, 1.165) is 38.0 Å². The maximum atomic E-state index is 13.2. The first-order valence-electron chi connectivity index (χ1n) is 8.63. The Bertz CT molecular complexity index is 710. The Kier molecular flexibility index (Phi) is 5.76. The minimum atomic E-state index is -0.334. The van der Waals surface area contributed by atoms with Crippen molar-refractivity contribution in [2.24, 2.45) is 0 Å². The van der Waals surface area contributed by atoms with Crippen LogP contribution in [0, 0.1) is 11.6 Å². The van der Waals surface area contributed by atoms with Gasteiger partial charge in [0.05, 0.1) is 0 Å². The molecule has 0 spiro atoms. The Morgan fingerprint density at radius 2 is 1.64 bits per heavy atom. The highest BCUT2D eigenvalue weighted by atomic mass is 19.1. The summed E-state index contributed by atoms with van der Waals surface area (Å²) in [6, 6.07) is 12.4. The van der Waals surface area contributed by atoms with E-state index in [4.69, 9.17) is 0 Å². The molecule has 1 heterocycles. The van der Waals surface area contributed by atoms with E-state index in [2.05, 4.69) is 4.90 Å². The molecule has 0 radical (unpaired) electrons. The van der Waals surface area contributed by atoms with E-state index in [1.165, 1.54) is 30.3 Å². The average molecular weight is 344 g/mol. The second kappa shape index (κ2) is 8.21. The summed E-state index contributed by atoms with van der Waals surface area (Å²) in [7, 11) is 0. The smallest absolute Gasteiger partial charge is 0.253 e. The van der Waals surface area contributed by atoms with Crippen molar-refractivity contribution in [3.63, 3.8) is 0 Å². The number of nitrogens with zero attached hydrogens (tertiary/aromatic N) is 2. The molecule has 0 aromatic heterocycles. The van der Waals surface area contributed by atoms with Crippen LogP contribution in [0.5, 0.6) is 0 Å². The predicted octanol–water partition coefficient (Wildman–Crippen LogP) is 3.36. The van der Waals surface area contributed by atoms with E-state index in [0.29, 0.717) is 18.7 Å². The fourth-order valence-corrected chi connectivity index (χ4v) is 3.15. The maximum Gasteiger partial charge on any atom is 0.253 e. The first-order chi connectivity index (χ1) is 12.1. The maximum absolute atomic E-state index is 13.2. The van der Waals surface area contributed by atoms with Crippen LogP contribution in [-0.2, 0) is 6.42 Å². The normalized spacial score (nSPS) is 15.4. The van der Waals surface area contributed by atoms with Gasteiger partial charge in [-0.3, -0.25) is 9.69 Å². The Labute approximate surface area is 146 Å². The van der Waals surface area contributed by atoms with Crippen molar-refractivity contribution in [2.45, 2.75) is 12.8 Å². The molecule has 2 aromatic rings. The van der Waals surface area contributed by atoms with Crippen LogP contribution in [0.15, 0.2) is 48.5 Å². The van der Waals surface area contributed by atoms with Crippen LogP contribution in [0.25, 0.3) is 0 Å². The number of hydrogen-bond acceptors (Lipinski definition) is 2. The Morgan fingerprint density at radius 3 is 2.32 bits per heavy atom. The number of rotatable bonds is 5. The molecule has 1 saturated heterocycles. The van der Waals surface area contributed by atoms with Gasteiger partial charge in [-0.1, -0.05) is 12.1 Å². The van der Waals surface area contributed by atoms with E-state index in [1.54, 1.807) is 12.1 Å². The Hall–Kier alpha value is -2.27. The number of benzene rings is 2. The van der Waals surface area contributed by atoms with Crippen LogP contribution in [0.4, 0.5) is 8.78 Å². The Morgan fingerprint density at radius 1 is 0.920 bits per heavy atom. The van der Waals surface area contributed by atoms with Gasteiger partial charge in [-0.15, -0.1) is 0 Å². The molecule has 1 fully saturated rings. The van der Waals surface area contributed by atoms with E-state index in [9.17, 15) is 13.6 Å². The van der Waals surface area contributed by atoms with E-state index in [1.807, 2.05) is 11.0 Å². The quantitative estimate of drug-likeness (QED) is 0.830. The van der Waals surface area contributed by atoms with Crippen molar-refractivity contribution in [3.8, 4) is 0 Å². The van der Waals surface area contributed by atoms with Crippen LogP contribution in [-0.4, -0.2) is 48.4 Å². The number of halogens is 2. The summed E-state index contributed by atoms with van der Waals surface area (Å²) in [4.78, 5) is 16.5. The van der Waals surface area contributed by atoms with E-state index >= 15 is 0 Å². The highest BCUT2D eigenvalue weighted by Crippen LogP contribution is 2.11. The van der Waals surface area contributed by atoms with E-state index in [-0.39, 0.29) is 17.5 Å². The molecule has 0 saturated carbocycles. The monoisotopic (exact) mass is 344 g/mol. The van der Waals surface area contributed by atoms with Gasteiger partial charge in [0, 0.05) is 31.7 Å². The van der Waals surface area contributed by atoms with Crippen molar-refractivity contribution in [3.05, 3.63) is 71.3 Å². The fraction of sp³-hybridized carbons (Fsp3) is 0.350. The summed E-state index contributed by atoms with van der Waals surface area (Å²) in [5, 5.41) is 0. The van der Waals surface area contributed by atoms with Crippen molar-refractivity contribution in [1.29, 1.82) is 0 Å². The van der Waals surface area contributed by atoms with E-state index < -0.39 is 0 Å². The summed E-state index contributed by atoms with van der Waals surface area (Å²) in [6.45, 7) is 3.95. The lowest BCUT2D eigenvalue weighted by Gasteiger charge is -2.34. The molecule has 1 amide bonds. The first-order valence-corrected chi connectivity index (χ1v) is 8.63. The summed E-state index contributed by atoms with van der Waals surface area (Å²) in [6.07, 6.45) is 1.82. The second-order valence-electron chi connectivity index (χ2n) is 6.37. The van der Waals surface area contributed by atoms with Crippen LogP contribution < -0.4 is 0 Å². The largest absolute Gasteiger partial charge is 0.336 e. The zero-order valence-corrected chi connectivity index (χ0v) is 14.1. The number of carbonyl (C=O) groups is 1. The highest BCUT2D eigenvalue weighted by Gasteiger charge is 2.21. The minimum Gasteiger partial charge on any atom is -0.336 e. The molecule has 1 aliphatic heterocycles. The van der Waals surface area contributed by atoms with Crippen molar-refractivity contribution < 1.29 is 13.6 Å². The van der Waals surface area contributed by atoms with Crippen LogP contribution in [0.3, 0.4) is 0 Å². The lowest BCUT2D eigenvalue weighted by atomic mass is 10.1. The molecule has 5 heteroatoms. The molecule has 2 aromatic carbocycles. The van der Waals surface area contributed by atoms with Crippen molar-refractivity contribution >= 4 is 5.91 Å². The van der Waals surface area contributed by atoms with Gasteiger partial charge < -0.3 is 4.90 Å². The van der Waals surface area contributed by atoms with Crippen LogP contribution in [0.1, 0.15) is 22.3 Å². The first kappa shape index (κ1) is 17.5. The third kappa shape index (κ3) is 4.86. The summed E-state index contributed by atoms with van der Waals surface area (Å²) in [5.41, 5.74) is 1.55. The van der Waals surface area contributed by atoms with Crippen LogP contribution in [0.2, 0.25) is 0 Å². The average Bonchev–Trinajstić information content (AvgIpc) is 2.62. The second-order valence-corrected chi connectivity index (χ2v) is 6.37. The SMILES string of the molecule is O=C(c1ccc(F)cc1)N1CCN(CCCc2cccc(F)c2)CC1. The molecule has 1 aliphatic rings. The number of carbonyl (C=O) groups excluding carboxylic acids is 1. The Balaban J connectivity index is 1.42. The molecule has 25 heavy (non-hydrogen) atoms. The topological polar surface area (TPSA) is 23.6 Å². The third-order valence-corrected chi connectivity index (χ3v) is 4.58. The molecule has 3 nitrogen and oxygen atoms in total. The van der Waals surface area contributed by atoms with Gasteiger partial charge in [-0.2, -0.15) is 0 Å². The van der Waals surface area contributed by atoms with Crippen molar-refractivity contribution in [1.82, 2.24) is 9.80 Å². The number of piperazine rings is 1. The molecule has 0 aliphatic carbocycles. The summed E-state index contributed by atoms with van der Waals surface area (Å²) in [5.74, 6) is -0.565. The summed E-state index contributed by atoms with van der Waals surface area (Å²) >= 11 is 0. The minimum absolute atomic E-state index is 0.0422. The van der Waals surface area contributed by atoms with Gasteiger partial charge in [0.25, 0.3) is 5.91 Å². The van der Waals surface area contributed by atoms with Gasteiger partial charge in [0.1, 0.15) is 11.6 Å². The predicted molar refractivity (Wildman–Crippen MR) is 93.5 cm³/mol. The molecule has 3 rings (SSSR count). The number of hydrogen-bond donors (Lipinski definition) is 0. The zero-order valence-electron chi connectivity index (χ0n) is 14.1. The van der Waals surface area contributed by atoms with Crippen molar-refractivity contribution in [2.75, 3.05) is 32.7 Å². The van der Waals surface area contributed by atoms with Gasteiger partial charge >= 0.3 is 0 Å². The molecule has 0 bridgehead atoms. The lowest BCUT2D eigenvalue weighted by molar-refractivity contribution is 0.0636. The molecule has 132 valence electrons.